The molecule has 3 saturated heterocycles. The maximum Gasteiger partial charge on any atom is 0.253 e. The third kappa shape index (κ3) is 3.67. The summed E-state index contributed by atoms with van der Waals surface area (Å²) in [5.74, 6) is 0.0854. The van der Waals surface area contributed by atoms with Gasteiger partial charge in [-0.3, -0.25) is 9.59 Å². The lowest BCUT2D eigenvalue weighted by Gasteiger charge is -2.36. The summed E-state index contributed by atoms with van der Waals surface area (Å²) in [5, 5.41) is 3.71. The van der Waals surface area contributed by atoms with Crippen molar-refractivity contribution >= 4 is 11.8 Å². The molecule has 1 saturated carbocycles. The monoisotopic (exact) mass is 398 g/mol. The van der Waals surface area contributed by atoms with Gasteiger partial charge in [-0.2, -0.15) is 0 Å². The summed E-state index contributed by atoms with van der Waals surface area (Å²) < 4.78 is 5.76. The van der Waals surface area contributed by atoms with E-state index in [-0.39, 0.29) is 11.8 Å². The maximum absolute atomic E-state index is 12.9. The number of nitrogens with two attached hydrogens (primary N) is 1. The number of rotatable bonds is 3. The molecule has 156 valence electrons. The predicted molar refractivity (Wildman–Crippen MR) is 108 cm³/mol. The van der Waals surface area contributed by atoms with Crippen molar-refractivity contribution in [1.29, 1.82) is 0 Å². The van der Waals surface area contributed by atoms with Gasteiger partial charge in [0.25, 0.3) is 5.91 Å². The Morgan fingerprint density at radius 2 is 1.69 bits per heavy atom. The largest absolute Gasteiger partial charge is 0.377 e. The predicted octanol–water partition coefficient (Wildman–Crippen LogP) is 1.04. The number of carbonyl (C=O) groups excluding carboxylic acids is 2. The number of hydrogen-bond donors (Lipinski definition) is 2. The zero-order valence-corrected chi connectivity index (χ0v) is 16.8. The normalized spacial score (nSPS) is 30.7. The van der Waals surface area contributed by atoms with E-state index < -0.39 is 5.54 Å². The van der Waals surface area contributed by atoms with E-state index in [1.165, 1.54) is 5.56 Å². The van der Waals surface area contributed by atoms with Crippen LogP contribution in [-0.2, 0) is 9.53 Å². The van der Waals surface area contributed by atoms with E-state index >= 15 is 0 Å². The van der Waals surface area contributed by atoms with E-state index in [0.29, 0.717) is 49.9 Å². The second kappa shape index (κ2) is 7.38. The number of nitrogens with zero attached hydrogens (tertiary/aromatic N) is 2. The highest BCUT2D eigenvalue weighted by molar-refractivity contribution is 5.94. The summed E-state index contributed by atoms with van der Waals surface area (Å²) in [6.45, 7) is 3.12. The number of benzene rings is 1. The van der Waals surface area contributed by atoms with E-state index in [0.717, 1.165) is 38.7 Å². The summed E-state index contributed by atoms with van der Waals surface area (Å²) in [7, 11) is 0. The van der Waals surface area contributed by atoms with Gasteiger partial charge in [0.05, 0.1) is 11.6 Å². The van der Waals surface area contributed by atoms with Crippen LogP contribution in [-0.4, -0.2) is 72.1 Å². The molecule has 0 bridgehead atoms. The van der Waals surface area contributed by atoms with Gasteiger partial charge in [-0.05, 0) is 49.8 Å². The lowest BCUT2D eigenvalue weighted by molar-refractivity contribution is -0.135. The Labute approximate surface area is 171 Å². The number of nitrogens with one attached hydrogen (secondary N) is 1. The molecule has 1 aromatic rings. The molecule has 1 aliphatic carbocycles. The standard InChI is InChI=1S/C22H30N4O3/c23-22(8-9-22)21(28)26-12-10-25(11-13-26)20(27)16-3-1-15(2-4-16)17-5-6-19-18(24-17)7-14-29-19/h1-4,17-19,24H,5-14,23H2. The van der Waals surface area contributed by atoms with Crippen molar-refractivity contribution in [2.75, 3.05) is 32.8 Å². The smallest absolute Gasteiger partial charge is 0.253 e. The Morgan fingerprint density at radius 1 is 1.00 bits per heavy atom. The lowest BCUT2D eigenvalue weighted by atomic mass is 9.91. The average molecular weight is 399 g/mol. The molecule has 7 nitrogen and oxygen atoms in total. The third-order valence-electron chi connectivity index (χ3n) is 6.99. The molecule has 0 spiro atoms. The summed E-state index contributed by atoms with van der Waals surface area (Å²) in [5.41, 5.74) is 7.35. The van der Waals surface area contributed by atoms with Gasteiger partial charge in [0, 0.05) is 50.4 Å². The van der Waals surface area contributed by atoms with Gasteiger partial charge in [-0.15, -0.1) is 0 Å². The molecule has 0 radical (unpaired) electrons. The van der Waals surface area contributed by atoms with Gasteiger partial charge in [0.1, 0.15) is 0 Å². The van der Waals surface area contributed by atoms with E-state index in [2.05, 4.69) is 17.4 Å². The van der Waals surface area contributed by atoms with Crippen LogP contribution < -0.4 is 11.1 Å². The van der Waals surface area contributed by atoms with Crippen LogP contribution in [0.1, 0.15) is 54.1 Å². The number of fused-ring (bicyclic) bond motifs is 1. The summed E-state index contributed by atoms with van der Waals surface area (Å²) in [6.07, 6.45) is 5.16. The molecule has 3 aliphatic heterocycles. The molecule has 3 atom stereocenters. The van der Waals surface area contributed by atoms with E-state index in [1.54, 1.807) is 0 Å². The molecule has 5 rings (SSSR count). The Morgan fingerprint density at radius 3 is 2.38 bits per heavy atom. The minimum absolute atomic E-state index is 0.0402. The Balaban J connectivity index is 1.17. The molecule has 0 aromatic heterocycles. The van der Waals surface area contributed by atoms with E-state index in [4.69, 9.17) is 10.5 Å². The number of ether oxygens (including phenoxy) is 1. The fourth-order valence-electron chi connectivity index (χ4n) is 4.88. The molecule has 3 heterocycles. The number of amides is 2. The summed E-state index contributed by atoms with van der Waals surface area (Å²) >= 11 is 0. The highest BCUT2D eigenvalue weighted by Gasteiger charge is 2.48. The molecule has 3 unspecified atom stereocenters. The van der Waals surface area contributed by atoms with Crippen LogP contribution in [0.5, 0.6) is 0 Å². The number of carbonyl (C=O) groups is 2. The van der Waals surface area contributed by atoms with Gasteiger partial charge in [0.15, 0.2) is 0 Å². The molecular formula is C22H30N4O3. The quantitative estimate of drug-likeness (QED) is 0.795. The summed E-state index contributed by atoms with van der Waals surface area (Å²) in [6, 6.07) is 8.82. The zero-order valence-electron chi connectivity index (χ0n) is 16.8. The van der Waals surface area contributed by atoms with Gasteiger partial charge in [0.2, 0.25) is 5.91 Å². The molecule has 3 N–H and O–H groups in total. The van der Waals surface area contributed by atoms with Crippen LogP contribution in [0, 0.1) is 0 Å². The highest BCUT2D eigenvalue weighted by Crippen LogP contribution is 2.34. The fourth-order valence-corrected chi connectivity index (χ4v) is 4.88. The second-order valence-corrected chi connectivity index (χ2v) is 8.96. The van der Waals surface area contributed by atoms with E-state index in [9.17, 15) is 9.59 Å². The second-order valence-electron chi connectivity index (χ2n) is 8.96. The van der Waals surface area contributed by atoms with Gasteiger partial charge >= 0.3 is 0 Å². The van der Waals surface area contributed by atoms with Crippen LogP contribution in [0.4, 0.5) is 0 Å². The van der Waals surface area contributed by atoms with E-state index in [1.807, 2.05) is 21.9 Å². The van der Waals surface area contributed by atoms with Crippen molar-refractivity contribution < 1.29 is 14.3 Å². The molecule has 4 aliphatic rings. The maximum atomic E-state index is 12.9. The van der Waals surface area contributed by atoms with Crippen LogP contribution in [0.15, 0.2) is 24.3 Å². The molecule has 4 fully saturated rings. The van der Waals surface area contributed by atoms with Crippen molar-refractivity contribution in [2.45, 2.75) is 55.8 Å². The Kier molecular flexibility index (Phi) is 4.84. The van der Waals surface area contributed by atoms with Crippen molar-refractivity contribution in [2.24, 2.45) is 5.73 Å². The summed E-state index contributed by atoms with van der Waals surface area (Å²) in [4.78, 5) is 28.9. The lowest BCUT2D eigenvalue weighted by Crippen LogP contribution is -2.55. The van der Waals surface area contributed by atoms with Crippen molar-refractivity contribution in [3.63, 3.8) is 0 Å². The molecular weight excluding hydrogens is 368 g/mol. The van der Waals surface area contributed by atoms with Crippen LogP contribution in [0.3, 0.4) is 0 Å². The fraction of sp³-hybridized carbons (Fsp3) is 0.636. The Bertz CT molecular complexity index is 784. The third-order valence-corrected chi connectivity index (χ3v) is 6.99. The number of piperazine rings is 1. The molecule has 29 heavy (non-hydrogen) atoms. The topological polar surface area (TPSA) is 87.9 Å². The highest BCUT2D eigenvalue weighted by atomic mass is 16.5. The number of piperidine rings is 1. The van der Waals surface area contributed by atoms with Crippen LogP contribution in [0.25, 0.3) is 0 Å². The Hall–Kier alpha value is -1.96. The van der Waals surface area contributed by atoms with Gasteiger partial charge in [-0.25, -0.2) is 0 Å². The molecule has 7 heteroatoms. The van der Waals surface area contributed by atoms with Crippen LogP contribution >= 0.6 is 0 Å². The number of hydrogen-bond acceptors (Lipinski definition) is 5. The zero-order chi connectivity index (χ0) is 20.0. The van der Waals surface area contributed by atoms with Crippen molar-refractivity contribution in [3.8, 4) is 0 Å². The minimum atomic E-state index is -0.625. The first-order valence-electron chi connectivity index (χ1n) is 10.9. The van der Waals surface area contributed by atoms with Gasteiger partial charge < -0.3 is 25.6 Å². The SMILES string of the molecule is NC1(C(=O)N2CCN(C(=O)c3ccc(C4CCC5OCCC5N4)cc3)CC2)CC1. The first-order chi connectivity index (χ1) is 14.0. The molecule has 1 aromatic carbocycles. The minimum Gasteiger partial charge on any atom is -0.377 e. The first kappa shape index (κ1) is 19.0. The average Bonchev–Trinajstić information content (AvgIpc) is 3.34. The van der Waals surface area contributed by atoms with Crippen LogP contribution in [0.2, 0.25) is 0 Å². The molecule has 2 amide bonds. The van der Waals surface area contributed by atoms with Crippen molar-refractivity contribution in [3.05, 3.63) is 35.4 Å². The van der Waals surface area contributed by atoms with Gasteiger partial charge in [-0.1, -0.05) is 12.1 Å². The first-order valence-corrected chi connectivity index (χ1v) is 10.9. The van der Waals surface area contributed by atoms with Crippen molar-refractivity contribution in [1.82, 2.24) is 15.1 Å².